The number of aromatic nitrogens is 2. The number of rotatable bonds is 15. The zero-order chi connectivity index (χ0) is 25.9. The Bertz CT molecular complexity index is 1080. The molecule has 0 spiro atoms. The summed E-state index contributed by atoms with van der Waals surface area (Å²) in [7, 11) is 1.71. The summed E-state index contributed by atoms with van der Waals surface area (Å²) in [5.41, 5.74) is 4.66. The first-order chi connectivity index (χ1) is 18.2. The van der Waals surface area contributed by atoms with Gasteiger partial charge in [-0.15, -0.1) is 0 Å². The van der Waals surface area contributed by atoms with Crippen molar-refractivity contribution < 1.29 is 4.74 Å². The van der Waals surface area contributed by atoms with Crippen molar-refractivity contribution in [2.45, 2.75) is 78.3 Å². The normalized spacial score (nSPS) is 14.5. The lowest BCUT2D eigenvalue weighted by Crippen LogP contribution is -2.31. The molecule has 37 heavy (non-hydrogen) atoms. The number of nitrogens with one attached hydrogen (secondary N) is 1. The van der Waals surface area contributed by atoms with Gasteiger partial charge in [0, 0.05) is 24.8 Å². The fourth-order valence-corrected chi connectivity index (χ4v) is 5.35. The van der Waals surface area contributed by atoms with Gasteiger partial charge in [-0.05, 0) is 94.7 Å². The van der Waals surface area contributed by atoms with Crippen LogP contribution >= 0.6 is 0 Å². The monoisotopic (exact) mass is 505 g/mol. The minimum Gasteiger partial charge on any atom is -0.497 e. The van der Waals surface area contributed by atoms with Crippen molar-refractivity contribution in [3.63, 3.8) is 0 Å². The Labute approximate surface area is 224 Å². The van der Waals surface area contributed by atoms with E-state index in [0.29, 0.717) is 0 Å². The van der Waals surface area contributed by atoms with Crippen molar-refractivity contribution in [3.8, 4) is 5.75 Å². The van der Waals surface area contributed by atoms with Crippen LogP contribution in [0.5, 0.6) is 5.75 Å². The molecule has 3 aromatic rings. The third-order valence-corrected chi connectivity index (χ3v) is 7.51. The molecule has 4 rings (SSSR count). The van der Waals surface area contributed by atoms with Crippen LogP contribution in [0.4, 0.5) is 11.6 Å². The summed E-state index contributed by atoms with van der Waals surface area (Å²) in [6, 6.07) is 15.0. The molecular formula is C31H47N5O. The van der Waals surface area contributed by atoms with Crippen molar-refractivity contribution >= 4 is 22.7 Å². The second-order valence-electron chi connectivity index (χ2n) is 10.5. The highest BCUT2D eigenvalue weighted by atomic mass is 16.5. The number of hydrogen-bond acceptors (Lipinski definition) is 5. The Morgan fingerprint density at radius 3 is 2.43 bits per heavy atom. The van der Waals surface area contributed by atoms with Crippen LogP contribution in [0, 0.1) is 0 Å². The average Bonchev–Trinajstić information content (AvgIpc) is 3.27. The number of likely N-dealkylation sites (tertiary alicyclic amines) is 1. The van der Waals surface area contributed by atoms with Gasteiger partial charge in [-0.1, -0.05) is 45.2 Å². The van der Waals surface area contributed by atoms with Gasteiger partial charge in [0.25, 0.3) is 0 Å². The van der Waals surface area contributed by atoms with Crippen LogP contribution in [0.3, 0.4) is 0 Å². The summed E-state index contributed by atoms with van der Waals surface area (Å²) in [6.45, 7) is 12.5. The molecule has 0 amide bonds. The highest BCUT2D eigenvalue weighted by Crippen LogP contribution is 2.27. The fraction of sp³-hybridized carbons (Fsp3) is 0.581. The molecule has 202 valence electrons. The van der Waals surface area contributed by atoms with E-state index in [1.54, 1.807) is 7.11 Å². The number of methoxy groups -OCH3 is 1. The SMILES string of the molecule is CCCCN(CCCC)Cc1ccc2nc(Nc3cccc(OC)c3)n(CCCN3CCCCC3)c2c1. The molecule has 1 N–H and O–H groups in total. The Morgan fingerprint density at radius 2 is 1.70 bits per heavy atom. The van der Waals surface area contributed by atoms with Gasteiger partial charge in [-0.25, -0.2) is 4.98 Å². The van der Waals surface area contributed by atoms with Crippen molar-refractivity contribution in [2.24, 2.45) is 0 Å². The van der Waals surface area contributed by atoms with Gasteiger partial charge >= 0.3 is 0 Å². The van der Waals surface area contributed by atoms with E-state index in [4.69, 9.17) is 9.72 Å². The lowest BCUT2D eigenvalue weighted by molar-refractivity contribution is 0.223. The number of piperidine rings is 1. The van der Waals surface area contributed by atoms with E-state index in [2.05, 4.69) is 57.8 Å². The van der Waals surface area contributed by atoms with Crippen LogP contribution in [0.1, 0.15) is 70.8 Å². The molecule has 1 fully saturated rings. The number of nitrogens with zero attached hydrogens (tertiary/aromatic N) is 4. The number of anilines is 2. The zero-order valence-electron chi connectivity index (χ0n) is 23.3. The molecule has 0 unspecified atom stereocenters. The average molecular weight is 506 g/mol. The molecule has 2 aromatic carbocycles. The molecule has 2 heterocycles. The molecule has 1 aliphatic heterocycles. The van der Waals surface area contributed by atoms with Gasteiger partial charge in [0.1, 0.15) is 5.75 Å². The summed E-state index contributed by atoms with van der Waals surface area (Å²) < 4.78 is 7.84. The van der Waals surface area contributed by atoms with E-state index in [1.165, 1.54) is 82.2 Å². The maximum Gasteiger partial charge on any atom is 0.208 e. The number of benzene rings is 2. The molecule has 0 radical (unpaired) electrons. The van der Waals surface area contributed by atoms with Crippen molar-refractivity contribution in [1.29, 1.82) is 0 Å². The second kappa shape index (κ2) is 14.4. The van der Waals surface area contributed by atoms with Gasteiger partial charge in [0.2, 0.25) is 5.95 Å². The smallest absolute Gasteiger partial charge is 0.208 e. The van der Waals surface area contributed by atoms with Crippen molar-refractivity contribution in [3.05, 3.63) is 48.0 Å². The first kappa shape index (κ1) is 27.5. The van der Waals surface area contributed by atoms with Gasteiger partial charge < -0.3 is 19.5 Å². The zero-order valence-corrected chi connectivity index (χ0v) is 23.3. The largest absolute Gasteiger partial charge is 0.497 e. The van der Waals surface area contributed by atoms with Crippen LogP contribution in [-0.2, 0) is 13.1 Å². The van der Waals surface area contributed by atoms with Crippen molar-refractivity contribution in [1.82, 2.24) is 19.4 Å². The minimum atomic E-state index is 0.847. The number of ether oxygens (including phenoxy) is 1. The summed E-state index contributed by atoms with van der Waals surface area (Å²) in [5, 5.41) is 3.59. The molecule has 6 heteroatoms. The summed E-state index contributed by atoms with van der Waals surface area (Å²) in [5.74, 6) is 1.76. The molecule has 0 aliphatic carbocycles. The van der Waals surface area contributed by atoms with E-state index < -0.39 is 0 Å². The maximum atomic E-state index is 5.44. The second-order valence-corrected chi connectivity index (χ2v) is 10.5. The molecule has 0 bridgehead atoms. The lowest BCUT2D eigenvalue weighted by Gasteiger charge is -2.26. The van der Waals surface area contributed by atoms with Crippen LogP contribution in [0.2, 0.25) is 0 Å². The Balaban J connectivity index is 1.57. The van der Waals surface area contributed by atoms with E-state index in [1.807, 2.05) is 18.2 Å². The van der Waals surface area contributed by atoms with Gasteiger partial charge in [0.15, 0.2) is 0 Å². The third kappa shape index (κ3) is 7.96. The van der Waals surface area contributed by atoms with Crippen LogP contribution in [0.15, 0.2) is 42.5 Å². The van der Waals surface area contributed by atoms with Gasteiger partial charge in [-0.3, -0.25) is 4.90 Å². The molecule has 0 saturated carbocycles. The predicted molar refractivity (Wildman–Crippen MR) is 156 cm³/mol. The molecule has 1 saturated heterocycles. The fourth-order valence-electron chi connectivity index (χ4n) is 5.35. The third-order valence-electron chi connectivity index (χ3n) is 7.51. The van der Waals surface area contributed by atoms with Crippen LogP contribution in [0.25, 0.3) is 11.0 Å². The summed E-state index contributed by atoms with van der Waals surface area (Å²) in [6.07, 6.45) is 10.2. The van der Waals surface area contributed by atoms with E-state index in [-0.39, 0.29) is 0 Å². The topological polar surface area (TPSA) is 45.6 Å². The van der Waals surface area contributed by atoms with Crippen molar-refractivity contribution in [2.75, 3.05) is 45.2 Å². The lowest BCUT2D eigenvalue weighted by atomic mass is 10.1. The van der Waals surface area contributed by atoms with Gasteiger partial charge in [-0.2, -0.15) is 0 Å². The predicted octanol–water partition coefficient (Wildman–Crippen LogP) is 7.07. The minimum absolute atomic E-state index is 0.847. The molecule has 0 atom stereocenters. The number of fused-ring (bicyclic) bond motifs is 1. The van der Waals surface area contributed by atoms with Crippen LogP contribution < -0.4 is 10.1 Å². The first-order valence-corrected chi connectivity index (χ1v) is 14.5. The van der Waals surface area contributed by atoms with E-state index in [0.717, 1.165) is 49.0 Å². The molecule has 1 aliphatic rings. The van der Waals surface area contributed by atoms with E-state index >= 15 is 0 Å². The summed E-state index contributed by atoms with van der Waals surface area (Å²) in [4.78, 5) is 10.3. The maximum absolute atomic E-state index is 5.44. The van der Waals surface area contributed by atoms with Gasteiger partial charge in [0.05, 0.1) is 18.1 Å². The Kier molecular flexibility index (Phi) is 10.7. The Hall–Kier alpha value is -2.57. The highest BCUT2D eigenvalue weighted by Gasteiger charge is 2.15. The van der Waals surface area contributed by atoms with Crippen LogP contribution in [-0.4, -0.2) is 59.2 Å². The number of imidazole rings is 1. The quantitative estimate of drug-likeness (QED) is 0.239. The standard InChI is InChI=1S/C31H47N5O/c1-4-6-17-35(18-7-5-2)25-26-15-16-29-30(23-26)36(22-12-21-34-19-9-8-10-20-34)31(33-29)32-27-13-11-14-28(24-27)37-3/h11,13-16,23-24H,4-10,12,17-22,25H2,1-3H3,(H,32,33). The number of aryl methyl sites for hydroxylation is 1. The Morgan fingerprint density at radius 1 is 0.919 bits per heavy atom. The molecule has 1 aromatic heterocycles. The molecular weight excluding hydrogens is 458 g/mol. The van der Waals surface area contributed by atoms with E-state index in [9.17, 15) is 0 Å². The number of unbranched alkanes of at least 4 members (excludes halogenated alkanes) is 2. The summed E-state index contributed by atoms with van der Waals surface area (Å²) >= 11 is 0. The number of hydrogen-bond donors (Lipinski definition) is 1. The molecule has 6 nitrogen and oxygen atoms in total. The first-order valence-electron chi connectivity index (χ1n) is 14.5. The highest BCUT2D eigenvalue weighted by molar-refractivity contribution is 5.80.